The van der Waals surface area contributed by atoms with Gasteiger partial charge in [-0.25, -0.2) is 9.36 Å². The molecule has 1 rings (SSSR count). The van der Waals surface area contributed by atoms with Crippen LogP contribution in [0.15, 0.2) is 43.0 Å². The number of rotatable bonds is 7. The van der Waals surface area contributed by atoms with Gasteiger partial charge in [-0.3, -0.25) is 0 Å². The molecule has 2 N–H and O–H groups in total. The van der Waals surface area contributed by atoms with Crippen molar-refractivity contribution >= 4 is 13.7 Å². The number of carbonyl (C=O) groups is 1. The third-order valence-electron chi connectivity index (χ3n) is 2.12. The maximum atomic E-state index is 11.9. The van der Waals surface area contributed by atoms with Crippen LogP contribution in [0.5, 0.6) is 5.75 Å². The first-order valence-corrected chi connectivity index (χ1v) is 7.60. The van der Waals surface area contributed by atoms with E-state index in [0.29, 0.717) is 0 Å². The van der Waals surface area contributed by atoms with Gasteiger partial charge in [0.05, 0.1) is 6.10 Å². The Labute approximate surface area is 118 Å². The SMILES string of the molecule is C=C[C@H](NP(=O)(O)Oc1ccccc1)C(=O)OC(C)C. The molecule has 110 valence electrons. The summed E-state index contributed by atoms with van der Waals surface area (Å²) in [4.78, 5) is 21.4. The summed E-state index contributed by atoms with van der Waals surface area (Å²) >= 11 is 0. The lowest BCUT2D eigenvalue weighted by atomic mass is 10.3. The van der Waals surface area contributed by atoms with Crippen molar-refractivity contribution in [1.82, 2.24) is 5.09 Å². The molecule has 2 atom stereocenters. The minimum absolute atomic E-state index is 0.214. The Morgan fingerprint density at radius 1 is 1.40 bits per heavy atom. The molecular weight excluding hydrogens is 281 g/mol. The lowest BCUT2D eigenvalue weighted by molar-refractivity contribution is -0.148. The van der Waals surface area contributed by atoms with Crippen LogP contribution in [0, 0.1) is 0 Å². The number of nitrogens with one attached hydrogen (secondary N) is 1. The Kier molecular flexibility index (Phi) is 5.95. The van der Waals surface area contributed by atoms with Crippen LogP contribution in [0.1, 0.15) is 13.8 Å². The summed E-state index contributed by atoms with van der Waals surface area (Å²) < 4.78 is 21.8. The van der Waals surface area contributed by atoms with Gasteiger partial charge in [0, 0.05) is 0 Å². The minimum atomic E-state index is -4.21. The molecule has 1 aromatic rings. The second kappa shape index (κ2) is 7.24. The van der Waals surface area contributed by atoms with Gasteiger partial charge in [0.25, 0.3) is 0 Å². The van der Waals surface area contributed by atoms with E-state index in [1.807, 2.05) is 0 Å². The fourth-order valence-corrected chi connectivity index (χ4v) is 2.36. The summed E-state index contributed by atoms with van der Waals surface area (Å²) in [5.41, 5.74) is 0. The van der Waals surface area contributed by atoms with Gasteiger partial charge in [0.15, 0.2) is 0 Å². The monoisotopic (exact) mass is 299 g/mol. The van der Waals surface area contributed by atoms with Gasteiger partial charge in [0.2, 0.25) is 0 Å². The molecule has 1 unspecified atom stereocenters. The second-order valence-electron chi connectivity index (χ2n) is 4.25. The minimum Gasteiger partial charge on any atom is -0.462 e. The average Bonchev–Trinajstić information content (AvgIpc) is 2.35. The number of para-hydroxylation sites is 1. The van der Waals surface area contributed by atoms with Gasteiger partial charge in [-0.1, -0.05) is 24.3 Å². The first-order valence-electron chi connectivity index (χ1n) is 6.02. The highest BCUT2D eigenvalue weighted by Crippen LogP contribution is 2.38. The smallest absolute Gasteiger partial charge is 0.457 e. The largest absolute Gasteiger partial charge is 0.462 e. The van der Waals surface area contributed by atoms with E-state index in [9.17, 15) is 14.3 Å². The molecule has 6 nitrogen and oxygen atoms in total. The van der Waals surface area contributed by atoms with Crippen LogP contribution in [0.2, 0.25) is 0 Å². The summed E-state index contributed by atoms with van der Waals surface area (Å²) in [6, 6.07) is 6.99. The van der Waals surface area contributed by atoms with E-state index in [4.69, 9.17) is 9.26 Å². The molecule has 0 radical (unpaired) electrons. The molecule has 0 heterocycles. The van der Waals surface area contributed by atoms with Crippen LogP contribution in [0.3, 0.4) is 0 Å². The van der Waals surface area contributed by atoms with Crippen LogP contribution in [-0.2, 0) is 14.1 Å². The van der Waals surface area contributed by atoms with Gasteiger partial charge in [-0.15, -0.1) is 6.58 Å². The molecule has 7 heteroatoms. The summed E-state index contributed by atoms with van der Waals surface area (Å²) in [6.07, 6.45) is 0.849. The van der Waals surface area contributed by atoms with Crippen LogP contribution in [0.4, 0.5) is 0 Å². The highest BCUT2D eigenvalue weighted by molar-refractivity contribution is 7.51. The van der Waals surface area contributed by atoms with E-state index in [1.54, 1.807) is 32.0 Å². The quantitative estimate of drug-likeness (QED) is 0.456. The van der Waals surface area contributed by atoms with Gasteiger partial charge < -0.3 is 14.2 Å². The first kappa shape index (κ1) is 16.4. The van der Waals surface area contributed by atoms with Crippen molar-refractivity contribution in [2.45, 2.75) is 26.0 Å². The lowest BCUT2D eigenvalue weighted by Crippen LogP contribution is -2.36. The standard InChI is InChI=1S/C13H18NO5P/c1-4-12(13(15)18-10(2)3)14-20(16,17)19-11-8-6-5-7-9-11/h4-10,12H,1H2,2-3H3,(H2,14,16,17)/t12-/m0/s1. The van der Waals surface area contributed by atoms with Gasteiger partial charge >= 0.3 is 13.7 Å². The van der Waals surface area contributed by atoms with Crippen LogP contribution >= 0.6 is 7.75 Å². The van der Waals surface area contributed by atoms with Gasteiger partial charge in [-0.05, 0) is 26.0 Å². The highest BCUT2D eigenvalue weighted by Gasteiger charge is 2.29. The molecule has 0 amide bonds. The van der Waals surface area contributed by atoms with Gasteiger partial charge in [0.1, 0.15) is 11.8 Å². The molecule has 0 aromatic heterocycles. The number of hydrogen-bond acceptors (Lipinski definition) is 4. The Morgan fingerprint density at radius 3 is 2.50 bits per heavy atom. The maximum absolute atomic E-state index is 11.9. The second-order valence-corrected chi connectivity index (χ2v) is 5.73. The Morgan fingerprint density at radius 2 is 2.00 bits per heavy atom. The van der Waals surface area contributed by atoms with Crippen molar-refractivity contribution < 1.29 is 23.5 Å². The third-order valence-corrected chi connectivity index (χ3v) is 3.18. The number of hydrogen-bond donors (Lipinski definition) is 2. The van der Waals surface area contributed by atoms with E-state index < -0.39 is 19.8 Å². The molecule has 0 spiro atoms. The zero-order valence-corrected chi connectivity index (χ0v) is 12.2. The number of benzene rings is 1. The molecule has 0 bridgehead atoms. The lowest BCUT2D eigenvalue weighted by Gasteiger charge is -2.19. The highest BCUT2D eigenvalue weighted by atomic mass is 31.2. The van der Waals surface area contributed by atoms with Crippen molar-refractivity contribution in [2.75, 3.05) is 0 Å². The molecule has 0 saturated heterocycles. The normalized spacial score (nSPS) is 15.2. The van der Waals surface area contributed by atoms with Gasteiger partial charge in [-0.2, -0.15) is 5.09 Å². The van der Waals surface area contributed by atoms with Crippen molar-refractivity contribution in [3.8, 4) is 5.75 Å². The predicted molar refractivity (Wildman–Crippen MR) is 75.2 cm³/mol. The summed E-state index contributed by atoms with van der Waals surface area (Å²) in [6.45, 7) is 6.78. The van der Waals surface area contributed by atoms with Crippen molar-refractivity contribution in [3.63, 3.8) is 0 Å². The topological polar surface area (TPSA) is 84.9 Å². The van der Waals surface area contributed by atoms with E-state index in [-0.39, 0.29) is 11.9 Å². The number of carbonyl (C=O) groups excluding carboxylic acids is 1. The molecule has 0 aliphatic rings. The van der Waals surface area contributed by atoms with E-state index >= 15 is 0 Å². The molecule has 0 aliphatic carbocycles. The molecule has 0 aliphatic heterocycles. The summed E-state index contributed by atoms with van der Waals surface area (Å²) in [7, 11) is -4.21. The Balaban J connectivity index is 2.70. The molecule has 0 saturated carbocycles. The summed E-state index contributed by atoms with van der Waals surface area (Å²) in [5.74, 6) is -0.480. The fourth-order valence-electron chi connectivity index (χ4n) is 1.33. The third kappa shape index (κ3) is 5.57. The first-order chi connectivity index (χ1) is 9.34. The fraction of sp³-hybridized carbons (Fsp3) is 0.308. The van der Waals surface area contributed by atoms with Crippen molar-refractivity contribution in [1.29, 1.82) is 0 Å². The van der Waals surface area contributed by atoms with Crippen LogP contribution in [-0.4, -0.2) is 23.0 Å². The average molecular weight is 299 g/mol. The Bertz CT molecular complexity index is 503. The van der Waals surface area contributed by atoms with E-state index in [0.717, 1.165) is 0 Å². The summed E-state index contributed by atoms with van der Waals surface area (Å²) in [5, 5.41) is 2.19. The zero-order chi connectivity index (χ0) is 15.2. The van der Waals surface area contributed by atoms with Crippen molar-refractivity contribution in [3.05, 3.63) is 43.0 Å². The van der Waals surface area contributed by atoms with E-state index in [1.165, 1.54) is 18.2 Å². The Hall–Kier alpha value is -1.62. The zero-order valence-electron chi connectivity index (χ0n) is 11.4. The molecule has 0 fully saturated rings. The maximum Gasteiger partial charge on any atom is 0.457 e. The molecule has 20 heavy (non-hydrogen) atoms. The van der Waals surface area contributed by atoms with Crippen LogP contribution < -0.4 is 9.61 Å². The number of ether oxygens (including phenoxy) is 1. The van der Waals surface area contributed by atoms with Crippen LogP contribution in [0.25, 0.3) is 0 Å². The van der Waals surface area contributed by atoms with E-state index in [2.05, 4.69) is 11.7 Å². The molecule has 1 aromatic carbocycles. The predicted octanol–water partition coefficient (Wildman–Crippen LogP) is 2.26. The van der Waals surface area contributed by atoms with Crippen molar-refractivity contribution in [2.24, 2.45) is 0 Å². The molecular formula is C13H18NO5P. The number of esters is 1.